The fourth-order valence-corrected chi connectivity index (χ4v) is 4.51. The molecule has 3 N–H and O–H groups in total. The van der Waals surface area contributed by atoms with Gasteiger partial charge in [-0.05, 0) is 36.8 Å². The van der Waals surface area contributed by atoms with Gasteiger partial charge in [0.25, 0.3) is 0 Å². The number of nitrogens with zero attached hydrogens (tertiary/aromatic N) is 7. The van der Waals surface area contributed by atoms with Crippen LogP contribution in [0.1, 0.15) is 12.5 Å². The van der Waals surface area contributed by atoms with Crippen molar-refractivity contribution in [1.29, 1.82) is 0 Å². The molecule has 0 saturated carbocycles. The molecule has 1 saturated heterocycles. The number of anilines is 1. The van der Waals surface area contributed by atoms with E-state index in [-0.39, 0.29) is 12.6 Å². The Hall–Kier alpha value is -4.15. The zero-order valence-corrected chi connectivity index (χ0v) is 20.9. The van der Waals surface area contributed by atoms with Crippen molar-refractivity contribution in [3.05, 3.63) is 60.4 Å². The lowest BCUT2D eigenvalue weighted by molar-refractivity contribution is 0.0724. The molecule has 1 aromatic carbocycles. The average molecular weight is 499 g/mol. The van der Waals surface area contributed by atoms with E-state index >= 15 is 0 Å². The first-order valence-electron chi connectivity index (χ1n) is 12.3. The molecule has 0 bridgehead atoms. The van der Waals surface area contributed by atoms with E-state index in [9.17, 15) is 5.11 Å². The van der Waals surface area contributed by atoms with Crippen LogP contribution in [0.2, 0.25) is 0 Å². The number of pyridine rings is 1. The molecule has 0 spiro atoms. The summed E-state index contributed by atoms with van der Waals surface area (Å²) < 4.78 is 7.72. The second-order valence-electron chi connectivity index (χ2n) is 8.67. The molecule has 4 aromatic rings. The van der Waals surface area contributed by atoms with Crippen LogP contribution in [0, 0.1) is 0 Å². The summed E-state index contributed by atoms with van der Waals surface area (Å²) in [5.74, 6) is 2.03. The minimum Gasteiger partial charge on any atom is -0.398 e. The van der Waals surface area contributed by atoms with Crippen molar-refractivity contribution in [2.75, 3.05) is 38.3 Å². The van der Waals surface area contributed by atoms with Gasteiger partial charge in [0.05, 0.1) is 25.9 Å². The van der Waals surface area contributed by atoms with Gasteiger partial charge in [-0.3, -0.25) is 9.98 Å². The van der Waals surface area contributed by atoms with Crippen LogP contribution in [0.3, 0.4) is 0 Å². The minimum atomic E-state index is -0.228. The van der Waals surface area contributed by atoms with Crippen LogP contribution in [-0.4, -0.2) is 75.3 Å². The highest BCUT2D eigenvalue weighted by Gasteiger charge is 2.29. The average Bonchev–Trinajstić information content (AvgIpc) is 3.34. The van der Waals surface area contributed by atoms with E-state index in [1.807, 2.05) is 36.4 Å². The number of rotatable bonds is 7. The second-order valence-corrected chi connectivity index (χ2v) is 8.67. The van der Waals surface area contributed by atoms with Gasteiger partial charge in [0.1, 0.15) is 5.82 Å². The topological polar surface area (TPSA) is 128 Å². The number of aliphatic imine (C=N–C) groups is 1. The van der Waals surface area contributed by atoms with Crippen LogP contribution in [-0.2, 0) is 11.3 Å². The van der Waals surface area contributed by atoms with Gasteiger partial charge in [-0.2, -0.15) is 0 Å². The number of hydrogen-bond donors (Lipinski definition) is 2. The molecule has 1 atom stereocenters. The van der Waals surface area contributed by atoms with Gasteiger partial charge in [-0.15, -0.1) is 0 Å². The number of aliphatic hydroxyl groups is 1. The van der Waals surface area contributed by atoms with Gasteiger partial charge in [0, 0.05) is 55.6 Å². The van der Waals surface area contributed by atoms with Gasteiger partial charge >= 0.3 is 0 Å². The molecule has 37 heavy (non-hydrogen) atoms. The summed E-state index contributed by atoms with van der Waals surface area (Å²) in [5.41, 5.74) is 10.9. The number of benzene rings is 1. The standard InChI is InChI=1S/C27H30N8O2/c1-3-34-25(18-7-11-30-12-8-18)31-23-26(34)32-24(33-27(23)35-13-14-37-17-21(35)16-36)20-6-4-5-19(15-20)22(28)9-10-29-2/h4-12,15,21,36H,3,13-14,16-17,28H2,1-2H3/t21-/m1/s1. The molecular formula is C27H30N8O2. The monoisotopic (exact) mass is 498 g/mol. The van der Waals surface area contributed by atoms with E-state index in [2.05, 4.69) is 26.4 Å². The number of aryl methyl sites for hydroxylation is 1. The summed E-state index contributed by atoms with van der Waals surface area (Å²) in [5, 5.41) is 10.1. The zero-order chi connectivity index (χ0) is 25.8. The lowest BCUT2D eigenvalue weighted by Gasteiger charge is -2.35. The number of aliphatic hydroxyl groups excluding tert-OH is 1. The molecule has 190 valence electrons. The molecular weight excluding hydrogens is 468 g/mol. The van der Waals surface area contributed by atoms with Gasteiger partial charge in [-0.25, -0.2) is 15.0 Å². The van der Waals surface area contributed by atoms with E-state index < -0.39 is 0 Å². The number of fused-ring (bicyclic) bond motifs is 1. The molecule has 0 amide bonds. The number of ether oxygens (including phenoxy) is 1. The van der Waals surface area contributed by atoms with E-state index in [4.69, 9.17) is 25.4 Å². The second kappa shape index (κ2) is 10.9. The molecule has 1 aliphatic heterocycles. The molecule has 5 rings (SSSR count). The highest BCUT2D eigenvalue weighted by molar-refractivity contribution is 5.89. The molecule has 1 aliphatic rings. The van der Waals surface area contributed by atoms with Crippen molar-refractivity contribution in [2.45, 2.75) is 19.5 Å². The number of morpholine rings is 1. The lowest BCUT2D eigenvalue weighted by atomic mass is 10.1. The van der Waals surface area contributed by atoms with Crippen LogP contribution in [0.25, 0.3) is 39.6 Å². The zero-order valence-electron chi connectivity index (χ0n) is 20.9. The summed E-state index contributed by atoms with van der Waals surface area (Å²) in [4.78, 5) is 25.2. The number of nitrogens with two attached hydrogens (primary N) is 1. The van der Waals surface area contributed by atoms with Crippen molar-refractivity contribution in [1.82, 2.24) is 24.5 Å². The predicted octanol–water partition coefficient (Wildman–Crippen LogP) is 2.77. The first-order chi connectivity index (χ1) is 18.1. The van der Waals surface area contributed by atoms with Crippen LogP contribution < -0.4 is 10.6 Å². The van der Waals surface area contributed by atoms with E-state index in [1.54, 1.807) is 31.7 Å². The number of aromatic nitrogens is 5. The Kier molecular flexibility index (Phi) is 7.20. The predicted molar refractivity (Wildman–Crippen MR) is 145 cm³/mol. The van der Waals surface area contributed by atoms with Crippen molar-refractivity contribution in [3.63, 3.8) is 0 Å². The summed E-state index contributed by atoms with van der Waals surface area (Å²) in [7, 11) is 1.70. The Bertz CT molecular complexity index is 1450. The minimum absolute atomic E-state index is 0.0533. The number of hydrogen-bond acceptors (Lipinski definition) is 9. The third kappa shape index (κ3) is 4.81. The van der Waals surface area contributed by atoms with Gasteiger partial charge in [-0.1, -0.05) is 18.2 Å². The smallest absolute Gasteiger partial charge is 0.166 e. The van der Waals surface area contributed by atoms with Crippen molar-refractivity contribution >= 4 is 28.9 Å². The fourth-order valence-electron chi connectivity index (χ4n) is 4.51. The van der Waals surface area contributed by atoms with Crippen LogP contribution in [0.4, 0.5) is 5.82 Å². The van der Waals surface area contributed by atoms with Crippen molar-refractivity contribution in [3.8, 4) is 22.8 Å². The third-order valence-corrected chi connectivity index (χ3v) is 6.40. The summed E-state index contributed by atoms with van der Waals surface area (Å²) in [6.07, 6.45) is 6.93. The Balaban J connectivity index is 1.74. The van der Waals surface area contributed by atoms with E-state index in [0.717, 1.165) is 28.2 Å². The quantitative estimate of drug-likeness (QED) is 0.372. The highest BCUT2D eigenvalue weighted by Crippen LogP contribution is 2.33. The van der Waals surface area contributed by atoms with Gasteiger partial charge < -0.3 is 25.0 Å². The van der Waals surface area contributed by atoms with Gasteiger partial charge in [0.15, 0.2) is 22.8 Å². The largest absolute Gasteiger partial charge is 0.398 e. The van der Waals surface area contributed by atoms with Gasteiger partial charge in [0.2, 0.25) is 0 Å². The summed E-state index contributed by atoms with van der Waals surface area (Å²) >= 11 is 0. The van der Waals surface area contributed by atoms with Crippen LogP contribution in [0.15, 0.2) is 59.9 Å². The number of allylic oxidation sites excluding steroid dienone is 1. The maximum atomic E-state index is 10.1. The Morgan fingerprint density at radius 2 is 2.03 bits per heavy atom. The van der Waals surface area contributed by atoms with E-state index in [0.29, 0.717) is 49.2 Å². The Morgan fingerprint density at radius 3 is 2.78 bits per heavy atom. The molecule has 0 aliphatic carbocycles. The third-order valence-electron chi connectivity index (χ3n) is 6.40. The fraction of sp³-hybridized carbons (Fsp3) is 0.296. The molecule has 4 heterocycles. The van der Waals surface area contributed by atoms with Crippen molar-refractivity contribution in [2.24, 2.45) is 10.7 Å². The summed E-state index contributed by atoms with van der Waals surface area (Å²) in [6, 6.07) is 11.5. The van der Waals surface area contributed by atoms with Crippen LogP contribution >= 0.6 is 0 Å². The van der Waals surface area contributed by atoms with E-state index in [1.165, 1.54) is 0 Å². The number of imidazole rings is 1. The van der Waals surface area contributed by atoms with Crippen molar-refractivity contribution < 1.29 is 9.84 Å². The lowest BCUT2D eigenvalue weighted by Crippen LogP contribution is -2.48. The first-order valence-corrected chi connectivity index (χ1v) is 12.3. The Labute approximate surface area is 215 Å². The maximum absolute atomic E-state index is 10.1. The molecule has 0 unspecified atom stereocenters. The Morgan fingerprint density at radius 1 is 1.19 bits per heavy atom. The molecule has 0 radical (unpaired) electrons. The highest BCUT2D eigenvalue weighted by atomic mass is 16.5. The molecule has 10 heteroatoms. The van der Waals surface area contributed by atoms with Crippen LogP contribution in [0.5, 0.6) is 0 Å². The molecule has 1 fully saturated rings. The first kappa shape index (κ1) is 24.5. The molecule has 10 nitrogen and oxygen atoms in total. The normalized spacial score (nSPS) is 16.7. The summed E-state index contributed by atoms with van der Waals surface area (Å²) in [6.45, 7) is 4.23. The molecule has 3 aromatic heterocycles. The maximum Gasteiger partial charge on any atom is 0.166 e. The SMILES string of the molecule is CCn1c(-c2ccncc2)nc2c(N3CCOC[C@H]3CO)nc(-c3cccc(C(N)=CC=NC)c3)nc21.